The molecule has 0 aliphatic heterocycles. The van der Waals surface area contributed by atoms with Crippen LogP contribution in [0.5, 0.6) is 0 Å². The fourth-order valence-corrected chi connectivity index (χ4v) is 4.41. The second-order valence-corrected chi connectivity index (χ2v) is 7.97. The molecule has 31 heavy (non-hydrogen) atoms. The highest BCUT2D eigenvalue weighted by Crippen LogP contribution is 2.41. The molecule has 6 aromatic rings. The van der Waals surface area contributed by atoms with Crippen LogP contribution in [0.25, 0.3) is 43.8 Å². The molecule has 2 heteroatoms. The monoisotopic (exact) mass is 399 g/mol. The van der Waals surface area contributed by atoms with E-state index >= 15 is 0 Å². The van der Waals surface area contributed by atoms with Crippen LogP contribution < -0.4 is 5.32 Å². The number of benzene rings is 5. The molecule has 0 bridgehead atoms. The molecule has 0 atom stereocenters. The molecule has 0 saturated carbocycles. The highest BCUT2D eigenvalue weighted by molar-refractivity contribution is 6.22. The molecule has 1 N–H and O–H groups in total. The van der Waals surface area contributed by atoms with Gasteiger partial charge in [-0.15, -0.1) is 0 Å². The van der Waals surface area contributed by atoms with E-state index in [-0.39, 0.29) is 0 Å². The molecular formula is C29H21NO. The first-order valence-electron chi connectivity index (χ1n) is 10.5. The quantitative estimate of drug-likeness (QED) is 0.323. The normalized spacial score (nSPS) is 11.4. The van der Waals surface area contributed by atoms with Crippen LogP contribution in [0.3, 0.4) is 0 Å². The lowest BCUT2D eigenvalue weighted by Crippen LogP contribution is -1.91. The van der Waals surface area contributed by atoms with Crippen molar-refractivity contribution in [2.75, 3.05) is 5.32 Å². The van der Waals surface area contributed by atoms with Gasteiger partial charge in [-0.05, 0) is 52.6 Å². The molecule has 1 heterocycles. The van der Waals surface area contributed by atoms with E-state index in [9.17, 15) is 0 Å². The number of rotatable bonds is 3. The van der Waals surface area contributed by atoms with Crippen molar-refractivity contribution in [2.24, 2.45) is 0 Å². The topological polar surface area (TPSA) is 25.2 Å². The first kappa shape index (κ1) is 17.8. The average molecular weight is 399 g/mol. The van der Waals surface area contributed by atoms with Crippen molar-refractivity contribution in [2.45, 2.75) is 6.92 Å². The van der Waals surface area contributed by atoms with Gasteiger partial charge in [0.15, 0.2) is 5.58 Å². The fourth-order valence-electron chi connectivity index (χ4n) is 4.41. The van der Waals surface area contributed by atoms with Gasteiger partial charge in [-0.25, -0.2) is 0 Å². The fraction of sp³-hybridized carbons (Fsp3) is 0.0345. The number of nitrogens with one attached hydrogen (secondary N) is 1. The summed E-state index contributed by atoms with van der Waals surface area (Å²) in [6, 6.07) is 36.0. The van der Waals surface area contributed by atoms with Crippen LogP contribution in [0.15, 0.2) is 108 Å². The van der Waals surface area contributed by atoms with E-state index in [0.29, 0.717) is 0 Å². The van der Waals surface area contributed by atoms with Gasteiger partial charge >= 0.3 is 0 Å². The van der Waals surface area contributed by atoms with E-state index in [2.05, 4.69) is 109 Å². The van der Waals surface area contributed by atoms with Gasteiger partial charge in [0, 0.05) is 16.5 Å². The summed E-state index contributed by atoms with van der Waals surface area (Å²) < 4.78 is 6.43. The zero-order valence-corrected chi connectivity index (χ0v) is 17.2. The van der Waals surface area contributed by atoms with Crippen molar-refractivity contribution >= 4 is 44.1 Å². The number of hydrogen-bond acceptors (Lipinski definition) is 2. The smallest absolute Gasteiger partial charge is 0.159 e. The Morgan fingerprint density at radius 2 is 1.32 bits per heavy atom. The Hall–Kier alpha value is -4.04. The number of fused-ring (bicyclic) bond motifs is 5. The Morgan fingerprint density at radius 1 is 0.613 bits per heavy atom. The van der Waals surface area contributed by atoms with Crippen LogP contribution in [-0.2, 0) is 0 Å². The Bertz CT molecular complexity index is 1540. The Balaban J connectivity index is 1.51. The van der Waals surface area contributed by atoms with Gasteiger partial charge in [0.1, 0.15) is 5.58 Å². The maximum atomic E-state index is 6.43. The van der Waals surface area contributed by atoms with Crippen molar-refractivity contribution in [1.29, 1.82) is 0 Å². The van der Waals surface area contributed by atoms with E-state index in [0.717, 1.165) is 33.5 Å². The predicted molar refractivity (Wildman–Crippen MR) is 131 cm³/mol. The van der Waals surface area contributed by atoms with E-state index < -0.39 is 0 Å². The summed E-state index contributed by atoms with van der Waals surface area (Å²) in [5.41, 5.74) is 7.44. The van der Waals surface area contributed by atoms with Crippen molar-refractivity contribution < 1.29 is 4.42 Å². The first-order valence-corrected chi connectivity index (χ1v) is 10.5. The van der Waals surface area contributed by atoms with Crippen LogP contribution in [-0.4, -0.2) is 0 Å². The largest absolute Gasteiger partial charge is 0.454 e. The van der Waals surface area contributed by atoms with Crippen molar-refractivity contribution in [3.05, 3.63) is 109 Å². The summed E-state index contributed by atoms with van der Waals surface area (Å²) >= 11 is 0. The summed E-state index contributed by atoms with van der Waals surface area (Å²) in [5.74, 6) is 0. The molecule has 0 spiro atoms. The summed E-state index contributed by atoms with van der Waals surface area (Å²) in [7, 11) is 0. The summed E-state index contributed by atoms with van der Waals surface area (Å²) in [5, 5.41) is 8.34. The third kappa shape index (κ3) is 2.96. The molecule has 148 valence electrons. The third-order valence-corrected chi connectivity index (χ3v) is 5.96. The van der Waals surface area contributed by atoms with Gasteiger partial charge in [-0.1, -0.05) is 84.9 Å². The van der Waals surface area contributed by atoms with Crippen molar-refractivity contribution in [1.82, 2.24) is 0 Å². The lowest BCUT2D eigenvalue weighted by Gasteiger charge is -2.10. The molecule has 0 fully saturated rings. The standard InChI is InChI=1S/C29H21NO/c1-19-8-7-13-25-27-24-12-6-5-11-22(24)18-26(29(27)31-28(19)25)30-23-16-14-21(15-17-23)20-9-3-2-4-10-20/h2-18,30H,1H3. The van der Waals surface area contributed by atoms with Gasteiger partial charge in [0.25, 0.3) is 0 Å². The molecule has 6 rings (SSSR count). The first-order chi connectivity index (χ1) is 15.3. The minimum atomic E-state index is 0.898. The molecule has 1 aromatic heterocycles. The molecule has 0 amide bonds. The number of para-hydroxylation sites is 1. The summed E-state index contributed by atoms with van der Waals surface area (Å²) in [6.07, 6.45) is 0. The van der Waals surface area contributed by atoms with Crippen LogP contribution in [0, 0.1) is 6.92 Å². The Morgan fingerprint density at radius 3 is 2.16 bits per heavy atom. The van der Waals surface area contributed by atoms with Gasteiger partial charge in [0.2, 0.25) is 0 Å². The number of furan rings is 1. The number of hydrogen-bond donors (Lipinski definition) is 1. The molecule has 0 aliphatic carbocycles. The second kappa shape index (κ2) is 7.03. The number of aryl methyl sites for hydroxylation is 1. The Kier molecular flexibility index (Phi) is 4.03. The van der Waals surface area contributed by atoms with Gasteiger partial charge in [-0.3, -0.25) is 0 Å². The van der Waals surface area contributed by atoms with E-state index in [4.69, 9.17) is 4.42 Å². The minimum Gasteiger partial charge on any atom is -0.454 e. The number of anilines is 2. The molecular weight excluding hydrogens is 378 g/mol. The molecule has 0 radical (unpaired) electrons. The molecule has 0 unspecified atom stereocenters. The Labute approximate surface area is 180 Å². The summed E-state index contributed by atoms with van der Waals surface area (Å²) in [4.78, 5) is 0. The van der Waals surface area contributed by atoms with Gasteiger partial charge in [0.05, 0.1) is 5.69 Å². The maximum absolute atomic E-state index is 6.43. The van der Waals surface area contributed by atoms with E-state index in [1.165, 1.54) is 27.3 Å². The molecule has 0 saturated heterocycles. The van der Waals surface area contributed by atoms with Crippen LogP contribution in [0.4, 0.5) is 11.4 Å². The van der Waals surface area contributed by atoms with Crippen LogP contribution >= 0.6 is 0 Å². The second-order valence-electron chi connectivity index (χ2n) is 7.97. The van der Waals surface area contributed by atoms with E-state index in [1.54, 1.807) is 0 Å². The predicted octanol–water partition coefficient (Wildman–Crippen LogP) is 8.46. The maximum Gasteiger partial charge on any atom is 0.159 e. The van der Waals surface area contributed by atoms with Crippen LogP contribution in [0.1, 0.15) is 5.56 Å². The SMILES string of the molecule is Cc1cccc2c1oc1c(Nc3ccc(-c4ccccc4)cc3)cc3ccccc3c12. The molecule has 5 aromatic carbocycles. The molecule has 2 nitrogen and oxygen atoms in total. The zero-order chi connectivity index (χ0) is 20.8. The van der Waals surface area contributed by atoms with Crippen LogP contribution in [0.2, 0.25) is 0 Å². The summed E-state index contributed by atoms with van der Waals surface area (Å²) in [6.45, 7) is 2.10. The highest BCUT2D eigenvalue weighted by atomic mass is 16.3. The highest BCUT2D eigenvalue weighted by Gasteiger charge is 2.16. The minimum absolute atomic E-state index is 0.898. The lowest BCUT2D eigenvalue weighted by molar-refractivity contribution is 0.667. The van der Waals surface area contributed by atoms with Gasteiger partial charge < -0.3 is 9.73 Å². The zero-order valence-electron chi connectivity index (χ0n) is 17.2. The van der Waals surface area contributed by atoms with Gasteiger partial charge in [-0.2, -0.15) is 0 Å². The average Bonchev–Trinajstić information content (AvgIpc) is 3.22. The van der Waals surface area contributed by atoms with Crippen molar-refractivity contribution in [3.8, 4) is 11.1 Å². The van der Waals surface area contributed by atoms with Crippen molar-refractivity contribution in [3.63, 3.8) is 0 Å². The lowest BCUT2D eigenvalue weighted by atomic mass is 10.0. The third-order valence-electron chi connectivity index (χ3n) is 5.96. The van der Waals surface area contributed by atoms with E-state index in [1.807, 2.05) is 6.07 Å². The molecule has 0 aliphatic rings.